The van der Waals surface area contributed by atoms with Crippen molar-refractivity contribution in [3.05, 3.63) is 47.6 Å². The van der Waals surface area contributed by atoms with Gasteiger partial charge in [-0.25, -0.2) is 9.97 Å². The summed E-state index contributed by atoms with van der Waals surface area (Å²) in [6.45, 7) is 2.97. The number of nitrogens with one attached hydrogen (secondary N) is 1. The van der Waals surface area contributed by atoms with Crippen LogP contribution >= 0.6 is 23.1 Å². The van der Waals surface area contributed by atoms with Crippen molar-refractivity contribution in [2.45, 2.75) is 74.2 Å². The number of amides is 1. The first kappa shape index (κ1) is 21.9. The lowest BCUT2D eigenvalue weighted by atomic mass is 10.1. The lowest BCUT2D eigenvalue weighted by molar-refractivity contribution is -0.121. The minimum atomic E-state index is -0.0906. The van der Waals surface area contributed by atoms with Crippen LogP contribution in [0.4, 0.5) is 5.69 Å². The van der Waals surface area contributed by atoms with Gasteiger partial charge in [-0.05, 0) is 56.5 Å². The SMILES string of the molecule is Cc1nc2cc(NC(=O)[C@@H]3C[C@@H](Sc4ccccn4)CN3C3CCCCCC3)ccc2s1. The van der Waals surface area contributed by atoms with E-state index in [9.17, 15) is 4.79 Å². The fourth-order valence-electron chi connectivity index (χ4n) is 5.09. The topological polar surface area (TPSA) is 58.1 Å². The maximum absolute atomic E-state index is 13.5. The van der Waals surface area contributed by atoms with Gasteiger partial charge in [-0.2, -0.15) is 0 Å². The molecule has 7 heteroatoms. The van der Waals surface area contributed by atoms with Crippen molar-refractivity contribution in [1.29, 1.82) is 0 Å². The molecule has 1 amide bonds. The third-order valence-electron chi connectivity index (χ3n) is 6.58. The zero-order valence-electron chi connectivity index (χ0n) is 18.5. The Morgan fingerprint density at radius 1 is 1.16 bits per heavy atom. The molecule has 1 saturated carbocycles. The molecule has 2 aromatic heterocycles. The standard InChI is InChI=1S/C25H30N4OS2/c1-17-27-21-14-18(11-12-23(21)31-17)28-25(30)22-15-20(32-24-10-6-7-13-26-24)16-29(22)19-8-4-2-3-5-9-19/h6-7,10-14,19-20,22H,2-5,8-9,15-16H2,1H3,(H,28,30)/t20-,22+/m1/s1. The molecule has 3 aromatic rings. The van der Waals surface area contributed by atoms with Crippen LogP contribution in [0.3, 0.4) is 0 Å². The summed E-state index contributed by atoms with van der Waals surface area (Å²) in [4.78, 5) is 25.1. The summed E-state index contributed by atoms with van der Waals surface area (Å²) >= 11 is 3.50. The molecular formula is C25H30N4OS2. The van der Waals surface area contributed by atoms with E-state index < -0.39 is 0 Å². The molecule has 2 atom stereocenters. The van der Waals surface area contributed by atoms with Gasteiger partial charge in [-0.3, -0.25) is 9.69 Å². The number of carbonyl (C=O) groups excluding carboxylic acids is 1. The minimum Gasteiger partial charge on any atom is -0.325 e. The molecule has 168 valence electrons. The van der Waals surface area contributed by atoms with Gasteiger partial charge >= 0.3 is 0 Å². The maximum Gasteiger partial charge on any atom is 0.241 e. The Kier molecular flexibility index (Phi) is 6.76. The molecule has 1 N–H and O–H groups in total. The molecule has 32 heavy (non-hydrogen) atoms. The number of aryl methyl sites for hydroxylation is 1. The smallest absolute Gasteiger partial charge is 0.241 e. The summed E-state index contributed by atoms with van der Waals surface area (Å²) in [7, 11) is 0. The van der Waals surface area contributed by atoms with Crippen molar-refractivity contribution in [2.24, 2.45) is 0 Å². The van der Waals surface area contributed by atoms with E-state index in [2.05, 4.69) is 32.3 Å². The molecule has 1 saturated heterocycles. The number of thiazole rings is 1. The van der Waals surface area contributed by atoms with Crippen LogP contribution in [-0.4, -0.2) is 44.7 Å². The van der Waals surface area contributed by atoms with E-state index in [1.54, 1.807) is 11.3 Å². The van der Waals surface area contributed by atoms with Crippen molar-refractivity contribution >= 4 is 44.9 Å². The number of rotatable bonds is 5. The normalized spacial score (nSPS) is 22.8. The third kappa shape index (κ3) is 5.00. The molecule has 2 fully saturated rings. The zero-order chi connectivity index (χ0) is 21.9. The van der Waals surface area contributed by atoms with Gasteiger partial charge in [0.2, 0.25) is 5.91 Å². The summed E-state index contributed by atoms with van der Waals surface area (Å²) < 4.78 is 1.16. The van der Waals surface area contributed by atoms with Gasteiger partial charge in [-0.15, -0.1) is 23.1 Å². The number of anilines is 1. The number of hydrogen-bond acceptors (Lipinski definition) is 6. The highest BCUT2D eigenvalue weighted by molar-refractivity contribution is 7.99. The number of carbonyl (C=O) groups is 1. The van der Waals surface area contributed by atoms with E-state index in [1.165, 1.54) is 38.5 Å². The quantitative estimate of drug-likeness (QED) is 0.475. The van der Waals surface area contributed by atoms with Gasteiger partial charge in [0.25, 0.3) is 0 Å². The van der Waals surface area contributed by atoms with E-state index in [4.69, 9.17) is 0 Å². The van der Waals surface area contributed by atoms with Gasteiger partial charge in [0.1, 0.15) is 0 Å². The average molecular weight is 467 g/mol. The molecule has 2 aliphatic rings. The van der Waals surface area contributed by atoms with Crippen molar-refractivity contribution < 1.29 is 4.79 Å². The predicted octanol–water partition coefficient (Wildman–Crippen LogP) is 5.90. The molecule has 1 aliphatic heterocycles. The molecule has 3 heterocycles. The highest BCUT2D eigenvalue weighted by atomic mass is 32.2. The lowest BCUT2D eigenvalue weighted by Crippen LogP contribution is -2.45. The second kappa shape index (κ2) is 9.89. The van der Waals surface area contributed by atoms with E-state index in [1.807, 2.05) is 49.1 Å². The highest BCUT2D eigenvalue weighted by Gasteiger charge is 2.40. The second-order valence-electron chi connectivity index (χ2n) is 8.91. The van der Waals surface area contributed by atoms with E-state index in [0.717, 1.165) is 38.9 Å². The first-order valence-corrected chi connectivity index (χ1v) is 13.4. The summed E-state index contributed by atoms with van der Waals surface area (Å²) in [5, 5.41) is 5.69. The summed E-state index contributed by atoms with van der Waals surface area (Å²) in [6.07, 6.45) is 10.3. The molecule has 0 radical (unpaired) electrons. The number of aromatic nitrogens is 2. The number of fused-ring (bicyclic) bond motifs is 1. The largest absolute Gasteiger partial charge is 0.325 e. The highest BCUT2D eigenvalue weighted by Crippen LogP contribution is 2.36. The van der Waals surface area contributed by atoms with E-state index in [-0.39, 0.29) is 11.9 Å². The Morgan fingerprint density at radius 2 is 2.00 bits per heavy atom. The molecule has 5 rings (SSSR count). The van der Waals surface area contributed by atoms with Crippen LogP contribution in [0, 0.1) is 6.92 Å². The van der Waals surface area contributed by atoms with E-state index >= 15 is 0 Å². The van der Waals surface area contributed by atoms with Crippen molar-refractivity contribution in [2.75, 3.05) is 11.9 Å². The first-order chi connectivity index (χ1) is 15.7. The van der Waals surface area contributed by atoms with Gasteiger partial charge in [0, 0.05) is 29.7 Å². The van der Waals surface area contributed by atoms with Crippen LogP contribution in [0.5, 0.6) is 0 Å². The van der Waals surface area contributed by atoms with Crippen LogP contribution < -0.4 is 5.32 Å². The summed E-state index contributed by atoms with van der Waals surface area (Å²) in [5.74, 6) is 0.115. The van der Waals surface area contributed by atoms with Crippen molar-refractivity contribution in [1.82, 2.24) is 14.9 Å². The van der Waals surface area contributed by atoms with Gasteiger partial charge in [0.05, 0.1) is 26.3 Å². The molecule has 0 bridgehead atoms. The Labute approximate surface area is 198 Å². The van der Waals surface area contributed by atoms with Crippen molar-refractivity contribution in [3.63, 3.8) is 0 Å². The monoisotopic (exact) mass is 466 g/mol. The molecule has 1 aliphatic carbocycles. The second-order valence-corrected chi connectivity index (χ2v) is 11.5. The fourth-order valence-corrected chi connectivity index (χ4v) is 7.04. The Morgan fingerprint density at radius 3 is 2.78 bits per heavy atom. The molecule has 1 aromatic carbocycles. The van der Waals surface area contributed by atoms with Crippen LogP contribution in [0.2, 0.25) is 0 Å². The Balaban J connectivity index is 1.34. The van der Waals surface area contributed by atoms with Crippen LogP contribution in [0.1, 0.15) is 50.0 Å². The van der Waals surface area contributed by atoms with Crippen LogP contribution in [-0.2, 0) is 4.79 Å². The third-order valence-corrected chi connectivity index (χ3v) is 8.69. The Bertz CT molecular complexity index is 1060. The average Bonchev–Trinajstić information content (AvgIpc) is 3.26. The van der Waals surface area contributed by atoms with Crippen molar-refractivity contribution in [3.8, 4) is 0 Å². The molecular weight excluding hydrogens is 436 g/mol. The molecule has 5 nitrogen and oxygen atoms in total. The lowest BCUT2D eigenvalue weighted by Gasteiger charge is -2.31. The number of thioether (sulfide) groups is 1. The van der Waals surface area contributed by atoms with Gasteiger partial charge in [-0.1, -0.05) is 31.7 Å². The fraction of sp³-hybridized carbons (Fsp3) is 0.480. The van der Waals surface area contributed by atoms with Crippen LogP contribution in [0.25, 0.3) is 10.2 Å². The summed E-state index contributed by atoms with van der Waals surface area (Å²) in [6, 6.07) is 12.5. The predicted molar refractivity (Wildman–Crippen MR) is 133 cm³/mol. The van der Waals surface area contributed by atoms with E-state index in [0.29, 0.717) is 11.3 Å². The number of nitrogens with zero attached hydrogens (tertiary/aromatic N) is 3. The zero-order valence-corrected chi connectivity index (χ0v) is 20.1. The van der Waals surface area contributed by atoms with Gasteiger partial charge < -0.3 is 5.32 Å². The Hall–Kier alpha value is -1.96. The molecule has 0 unspecified atom stereocenters. The number of benzene rings is 1. The summed E-state index contributed by atoms with van der Waals surface area (Å²) in [5.41, 5.74) is 1.80. The molecule has 0 spiro atoms. The first-order valence-electron chi connectivity index (χ1n) is 11.7. The van der Waals surface area contributed by atoms with Gasteiger partial charge in [0.15, 0.2) is 0 Å². The number of pyridine rings is 1. The minimum absolute atomic E-state index is 0.0906. The number of likely N-dealkylation sites (tertiary alicyclic amines) is 1. The number of hydrogen-bond donors (Lipinski definition) is 1. The van der Waals surface area contributed by atoms with Crippen LogP contribution in [0.15, 0.2) is 47.6 Å². The maximum atomic E-state index is 13.5.